The predicted molar refractivity (Wildman–Crippen MR) is 81.6 cm³/mol. The zero-order valence-corrected chi connectivity index (χ0v) is 12.7. The predicted octanol–water partition coefficient (Wildman–Crippen LogP) is 3.40. The number of rotatable bonds is 3. The molecule has 0 aliphatic carbocycles. The van der Waals surface area contributed by atoms with E-state index >= 15 is 0 Å². The molecule has 128 valence electrons. The van der Waals surface area contributed by atoms with Crippen LogP contribution in [-0.4, -0.2) is 34.4 Å². The van der Waals surface area contributed by atoms with Crippen molar-refractivity contribution in [3.05, 3.63) is 35.9 Å². The first-order valence-corrected chi connectivity index (χ1v) is 7.55. The number of carbonyl (C=O) groups is 1. The van der Waals surface area contributed by atoms with Gasteiger partial charge in [-0.15, -0.1) is 0 Å². The number of halogens is 3. The monoisotopic (exact) mass is 339 g/mol. The van der Waals surface area contributed by atoms with Gasteiger partial charge in [0.2, 0.25) is 0 Å². The van der Waals surface area contributed by atoms with Gasteiger partial charge >= 0.3 is 12.1 Å². The summed E-state index contributed by atoms with van der Waals surface area (Å²) in [6, 6.07) is 6.74. The number of aromatic nitrogens is 2. The van der Waals surface area contributed by atoms with E-state index in [2.05, 4.69) is 10.2 Å². The molecule has 1 aliphatic heterocycles. The summed E-state index contributed by atoms with van der Waals surface area (Å²) in [6.07, 6.45) is -3.33. The van der Waals surface area contributed by atoms with Gasteiger partial charge < -0.3 is 10.0 Å². The van der Waals surface area contributed by atoms with Crippen LogP contribution in [0.5, 0.6) is 0 Å². The molecule has 1 fully saturated rings. The molecule has 1 aromatic heterocycles. The van der Waals surface area contributed by atoms with Crippen molar-refractivity contribution in [1.82, 2.24) is 10.2 Å². The van der Waals surface area contributed by atoms with Crippen molar-refractivity contribution in [1.29, 1.82) is 0 Å². The van der Waals surface area contributed by atoms with E-state index in [0.717, 1.165) is 12.1 Å². The molecule has 24 heavy (non-hydrogen) atoms. The number of benzene rings is 1. The van der Waals surface area contributed by atoms with Crippen molar-refractivity contribution >= 4 is 11.8 Å². The van der Waals surface area contributed by atoms with E-state index in [0.29, 0.717) is 43.0 Å². The zero-order chi connectivity index (χ0) is 17.3. The number of anilines is 1. The lowest BCUT2D eigenvalue weighted by Gasteiger charge is -2.29. The molecule has 0 spiro atoms. The van der Waals surface area contributed by atoms with Crippen LogP contribution in [0.3, 0.4) is 0 Å². The molecule has 2 N–H and O–H groups in total. The van der Waals surface area contributed by atoms with Crippen LogP contribution in [0.25, 0.3) is 11.3 Å². The number of piperidine rings is 1. The van der Waals surface area contributed by atoms with E-state index < -0.39 is 17.7 Å². The van der Waals surface area contributed by atoms with E-state index in [1.54, 1.807) is 12.1 Å². The lowest BCUT2D eigenvalue weighted by atomic mass is 9.97. The first kappa shape index (κ1) is 16.4. The second kappa shape index (κ2) is 6.18. The molecule has 0 saturated carbocycles. The van der Waals surface area contributed by atoms with Crippen LogP contribution in [-0.2, 0) is 11.0 Å². The van der Waals surface area contributed by atoms with E-state index in [1.165, 1.54) is 6.07 Å². The lowest BCUT2D eigenvalue weighted by Crippen LogP contribution is -2.36. The SMILES string of the molecule is O=C(O)C1CCN(c2cc(-c3cccc(C(F)(F)F)c3)[nH]n2)CC1. The number of aromatic amines is 1. The molecular formula is C16H16F3N3O2. The normalized spacial score (nSPS) is 16.4. The minimum Gasteiger partial charge on any atom is -0.481 e. The van der Waals surface area contributed by atoms with E-state index in [-0.39, 0.29) is 5.92 Å². The minimum absolute atomic E-state index is 0.344. The van der Waals surface area contributed by atoms with Crippen molar-refractivity contribution < 1.29 is 23.1 Å². The summed E-state index contributed by atoms with van der Waals surface area (Å²) in [5, 5.41) is 15.9. The van der Waals surface area contributed by atoms with Crippen molar-refractivity contribution in [2.75, 3.05) is 18.0 Å². The molecule has 1 aliphatic rings. The maximum Gasteiger partial charge on any atom is 0.416 e. The summed E-state index contributed by atoms with van der Waals surface area (Å²) in [6.45, 7) is 1.12. The molecule has 5 nitrogen and oxygen atoms in total. The molecule has 0 amide bonds. The molecule has 2 aromatic rings. The van der Waals surface area contributed by atoms with Crippen LogP contribution < -0.4 is 4.90 Å². The third-order valence-corrected chi connectivity index (χ3v) is 4.23. The number of H-pyrrole nitrogens is 1. The Bertz CT molecular complexity index is 734. The third-order valence-electron chi connectivity index (χ3n) is 4.23. The Balaban J connectivity index is 1.76. The standard InChI is InChI=1S/C16H16F3N3O2/c17-16(18,19)12-3-1-2-11(8-12)13-9-14(21-20-13)22-6-4-10(5-7-22)15(23)24/h1-3,8-10H,4-7H2,(H,20,21)(H,23,24). The number of hydrogen-bond donors (Lipinski definition) is 2. The second-order valence-electron chi connectivity index (χ2n) is 5.82. The van der Waals surface area contributed by atoms with Gasteiger partial charge in [0.25, 0.3) is 0 Å². The number of alkyl halides is 3. The summed E-state index contributed by atoms with van der Waals surface area (Å²) in [7, 11) is 0. The maximum absolute atomic E-state index is 12.8. The fraction of sp³-hybridized carbons (Fsp3) is 0.375. The first-order valence-electron chi connectivity index (χ1n) is 7.55. The van der Waals surface area contributed by atoms with Gasteiger partial charge in [0.05, 0.1) is 17.2 Å². The average Bonchev–Trinajstić information content (AvgIpc) is 3.04. The summed E-state index contributed by atoms with van der Waals surface area (Å²) < 4.78 is 38.4. The molecule has 1 aromatic carbocycles. The Morgan fingerprint density at radius 3 is 2.58 bits per heavy atom. The van der Waals surface area contributed by atoms with E-state index in [1.807, 2.05) is 4.90 Å². The molecular weight excluding hydrogens is 323 g/mol. The van der Waals surface area contributed by atoms with Gasteiger partial charge in [-0.25, -0.2) is 0 Å². The first-order chi connectivity index (χ1) is 11.3. The van der Waals surface area contributed by atoms with Crippen molar-refractivity contribution in [2.45, 2.75) is 19.0 Å². The number of aliphatic carboxylic acids is 1. The summed E-state index contributed by atoms with van der Waals surface area (Å²) in [5.74, 6) is -0.518. The van der Waals surface area contributed by atoms with Crippen molar-refractivity contribution in [3.63, 3.8) is 0 Å². The highest BCUT2D eigenvalue weighted by Crippen LogP contribution is 2.32. The summed E-state index contributed by atoms with van der Waals surface area (Å²) in [4.78, 5) is 12.9. The van der Waals surface area contributed by atoms with E-state index in [9.17, 15) is 18.0 Å². The van der Waals surface area contributed by atoms with Gasteiger partial charge in [0, 0.05) is 24.7 Å². The van der Waals surface area contributed by atoms with Crippen LogP contribution in [0.1, 0.15) is 18.4 Å². The topological polar surface area (TPSA) is 69.2 Å². The van der Waals surface area contributed by atoms with Crippen molar-refractivity contribution in [2.24, 2.45) is 5.92 Å². The quantitative estimate of drug-likeness (QED) is 0.899. The number of carboxylic acid groups (broad SMARTS) is 1. The molecule has 3 rings (SSSR count). The number of hydrogen-bond acceptors (Lipinski definition) is 3. The highest BCUT2D eigenvalue weighted by Gasteiger charge is 2.30. The number of nitrogens with one attached hydrogen (secondary N) is 1. The van der Waals surface area contributed by atoms with Gasteiger partial charge in [-0.3, -0.25) is 9.89 Å². The second-order valence-corrected chi connectivity index (χ2v) is 5.82. The maximum atomic E-state index is 12.8. The van der Waals surface area contributed by atoms with Gasteiger partial charge in [-0.1, -0.05) is 12.1 Å². The Kier molecular flexibility index (Phi) is 4.21. The Hall–Kier alpha value is -2.51. The number of nitrogens with zero attached hydrogens (tertiary/aromatic N) is 2. The Morgan fingerprint density at radius 1 is 1.25 bits per heavy atom. The van der Waals surface area contributed by atoms with Gasteiger partial charge in [-0.2, -0.15) is 18.3 Å². The van der Waals surface area contributed by atoms with Crippen LogP contribution >= 0.6 is 0 Å². The molecule has 2 heterocycles. The number of carboxylic acids is 1. The molecule has 1 saturated heterocycles. The smallest absolute Gasteiger partial charge is 0.416 e. The summed E-state index contributed by atoms with van der Waals surface area (Å²) in [5.41, 5.74) is 0.193. The highest BCUT2D eigenvalue weighted by atomic mass is 19.4. The van der Waals surface area contributed by atoms with E-state index in [4.69, 9.17) is 5.11 Å². The Labute approximate surface area is 136 Å². The molecule has 8 heteroatoms. The fourth-order valence-electron chi connectivity index (χ4n) is 2.84. The van der Waals surface area contributed by atoms with Gasteiger partial charge in [0.15, 0.2) is 5.82 Å². The average molecular weight is 339 g/mol. The van der Waals surface area contributed by atoms with Crippen LogP contribution in [0.4, 0.5) is 19.0 Å². The van der Waals surface area contributed by atoms with Crippen LogP contribution in [0.15, 0.2) is 30.3 Å². The lowest BCUT2D eigenvalue weighted by molar-refractivity contribution is -0.142. The summed E-state index contributed by atoms with van der Waals surface area (Å²) >= 11 is 0. The van der Waals surface area contributed by atoms with Crippen LogP contribution in [0, 0.1) is 5.92 Å². The molecule has 0 bridgehead atoms. The Morgan fingerprint density at radius 2 is 1.96 bits per heavy atom. The zero-order valence-electron chi connectivity index (χ0n) is 12.7. The minimum atomic E-state index is -4.39. The fourth-order valence-corrected chi connectivity index (χ4v) is 2.84. The highest BCUT2D eigenvalue weighted by molar-refractivity contribution is 5.70. The largest absolute Gasteiger partial charge is 0.481 e. The third kappa shape index (κ3) is 3.37. The van der Waals surface area contributed by atoms with Crippen LogP contribution in [0.2, 0.25) is 0 Å². The van der Waals surface area contributed by atoms with Crippen molar-refractivity contribution in [3.8, 4) is 11.3 Å². The molecule has 0 unspecified atom stereocenters. The molecule has 0 radical (unpaired) electrons. The molecule has 0 atom stereocenters. The van der Waals surface area contributed by atoms with Gasteiger partial charge in [0.1, 0.15) is 0 Å². The van der Waals surface area contributed by atoms with Gasteiger partial charge in [-0.05, 0) is 25.0 Å².